The van der Waals surface area contributed by atoms with Crippen molar-refractivity contribution in [3.63, 3.8) is 0 Å². The van der Waals surface area contributed by atoms with Crippen molar-refractivity contribution in [1.82, 2.24) is 5.32 Å². The number of hydrogen-bond donors (Lipinski definition) is 2. The lowest BCUT2D eigenvalue weighted by Crippen LogP contribution is -2.41. The third kappa shape index (κ3) is 6.91. The Bertz CT molecular complexity index is 136. The second-order valence-corrected chi connectivity index (χ2v) is 4.78. The molecular weight excluding hydrogens is 186 g/mol. The summed E-state index contributed by atoms with van der Waals surface area (Å²) in [4.78, 5) is 0. The maximum Gasteiger partial charge on any atom is 0.0445 e. The highest BCUT2D eigenvalue weighted by Gasteiger charge is 2.16. The molecule has 2 nitrogen and oxygen atoms in total. The van der Waals surface area contributed by atoms with Crippen LogP contribution in [0.2, 0.25) is 0 Å². The fourth-order valence-corrected chi connectivity index (χ4v) is 1.91. The molecule has 2 N–H and O–H groups in total. The Labute approximate surface area is 95.5 Å². The molecule has 2 atom stereocenters. The van der Waals surface area contributed by atoms with Gasteiger partial charge in [-0.2, -0.15) is 0 Å². The highest BCUT2D eigenvalue weighted by Crippen LogP contribution is 2.11. The van der Waals surface area contributed by atoms with Gasteiger partial charge in [0, 0.05) is 18.7 Å². The number of rotatable bonds is 9. The molecule has 0 fully saturated rings. The Morgan fingerprint density at radius 3 is 2.20 bits per heavy atom. The average molecular weight is 215 g/mol. The Hall–Kier alpha value is -0.0800. The smallest absolute Gasteiger partial charge is 0.0445 e. The molecule has 0 aromatic heterocycles. The van der Waals surface area contributed by atoms with E-state index in [1.54, 1.807) is 0 Å². The number of hydrogen-bond acceptors (Lipinski definition) is 2. The summed E-state index contributed by atoms with van der Waals surface area (Å²) in [5, 5.41) is 12.7. The van der Waals surface area contributed by atoms with Crippen LogP contribution < -0.4 is 5.32 Å². The molecule has 0 radical (unpaired) electrons. The van der Waals surface area contributed by atoms with Crippen molar-refractivity contribution in [2.45, 2.75) is 71.9 Å². The number of aliphatic hydroxyl groups excluding tert-OH is 1. The van der Waals surface area contributed by atoms with Crippen LogP contribution in [-0.4, -0.2) is 23.8 Å². The minimum Gasteiger partial charge on any atom is -0.396 e. The number of unbranched alkanes of at least 4 members (excludes halogenated alkanes) is 1. The third-order valence-corrected chi connectivity index (χ3v) is 3.09. The SMILES string of the molecule is CCCCC(CC)NC(CCO)C(C)C. The van der Waals surface area contributed by atoms with Crippen LogP contribution >= 0.6 is 0 Å². The molecular formula is C13H29NO. The van der Waals surface area contributed by atoms with E-state index in [2.05, 4.69) is 33.0 Å². The summed E-state index contributed by atoms with van der Waals surface area (Å²) < 4.78 is 0. The van der Waals surface area contributed by atoms with Gasteiger partial charge in [0.2, 0.25) is 0 Å². The molecule has 0 aliphatic heterocycles. The van der Waals surface area contributed by atoms with Crippen molar-refractivity contribution in [2.75, 3.05) is 6.61 Å². The Balaban J connectivity index is 3.97. The Morgan fingerprint density at radius 2 is 1.80 bits per heavy atom. The summed E-state index contributed by atoms with van der Waals surface area (Å²) in [5.41, 5.74) is 0. The summed E-state index contributed by atoms with van der Waals surface area (Å²) in [6.45, 7) is 9.21. The zero-order chi connectivity index (χ0) is 11.7. The molecule has 0 aliphatic rings. The Morgan fingerprint density at radius 1 is 1.13 bits per heavy atom. The van der Waals surface area contributed by atoms with Gasteiger partial charge in [-0.3, -0.25) is 0 Å². The summed E-state index contributed by atoms with van der Waals surface area (Å²) in [6, 6.07) is 1.10. The second kappa shape index (κ2) is 9.17. The highest BCUT2D eigenvalue weighted by molar-refractivity contribution is 4.75. The van der Waals surface area contributed by atoms with E-state index in [9.17, 15) is 0 Å². The molecule has 0 saturated carbocycles. The van der Waals surface area contributed by atoms with Crippen molar-refractivity contribution < 1.29 is 5.11 Å². The van der Waals surface area contributed by atoms with Gasteiger partial charge in [0.1, 0.15) is 0 Å². The van der Waals surface area contributed by atoms with Gasteiger partial charge in [-0.15, -0.1) is 0 Å². The first-order valence-corrected chi connectivity index (χ1v) is 6.52. The Kier molecular flexibility index (Phi) is 9.12. The van der Waals surface area contributed by atoms with E-state index >= 15 is 0 Å². The van der Waals surface area contributed by atoms with Crippen molar-refractivity contribution in [3.8, 4) is 0 Å². The van der Waals surface area contributed by atoms with Crippen LogP contribution in [0.25, 0.3) is 0 Å². The predicted molar refractivity (Wildman–Crippen MR) is 67.1 cm³/mol. The van der Waals surface area contributed by atoms with Crippen LogP contribution in [0, 0.1) is 5.92 Å². The van der Waals surface area contributed by atoms with Gasteiger partial charge in [0.15, 0.2) is 0 Å². The van der Waals surface area contributed by atoms with Crippen LogP contribution in [0.4, 0.5) is 0 Å². The van der Waals surface area contributed by atoms with E-state index in [0.717, 1.165) is 6.42 Å². The second-order valence-electron chi connectivity index (χ2n) is 4.78. The molecule has 0 rings (SSSR count). The molecule has 0 spiro atoms. The van der Waals surface area contributed by atoms with Gasteiger partial charge in [0.05, 0.1) is 0 Å². The van der Waals surface area contributed by atoms with Crippen LogP contribution in [0.1, 0.15) is 59.8 Å². The first-order chi connectivity index (χ1) is 7.15. The standard InChI is InChI=1S/C13H29NO/c1-5-7-8-12(6-2)14-13(9-10-15)11(3)4/h11-15H,5-10H2,1-4H3. The minimum absolute atomic E-state index is 0.292. The van der Waals surface area contributed by atoms with Crippen molar-refractivity contribution in [3.05, 3.63) is 0 Å². The van der Waals surface area contributed by atoms with Gasteiger partial charge < -0.3 is 10.4 Å². The normalized spacial score (nSPS) is 15.6. The van der Waals surface area contributed by atoms with Gasteiger partial charge in [-0.25, -0.2) is 0 Å². The van der Waals surface area contributed by atoms with E-state index in [4.69, 9.17) is 5.11 Å². The van der Waals surface area contributed by atoms with E-state index in [0.29, 0.717) is 24.6 Å². The van der Waals surface area contributed by atoms with Crippen molar-refractivity contribution in [2.24, 2.45) is 5.92 Å². The van der Waals surface area contributed by atoms with Gasteiger partial charge in [-0.05, 0) is 25.2 Å². The number of aliphatic hydroxyl groups is 1. The van der Waals surface area contributed by atoms with Crippen molar-refractivity contribution >= 4 is 0 Å². The molecule has 2 heteroatoms. The molecule has 15 heavy (non-hydrogen) atoms. The quantitative estimate of drug-likeness (QED) is 0.620. The summed E-state index contributed by atoms with van der Waals surface area (Å²) in [6.07, 6.45) is 5.90. The average Bonchev–Trinajstić information content (AvgIpc) is 2.22. The van der Waals surface area contributed by atoms with E-state index in [1.807, 2.05) is 0 Å². The summed E-state index contributed by atoms with van der Waals surface area (Å²) >= 11 is 0. The molecule has 0 heterocycles. The molecule has 92 valence electrons. The number of nitrogens with one attached hydrogen (secondary N) is 1. The lowest BCUT2D eigenvalue weighted by atomic mass is 9.98. The van der Waals surface area contributed by atoms with Crippen LogP contribution in [0.15, 0.2) is 0 Å². The molecule has 0 bridgehead atoms. The summed E-state index contributed by atoms with van der Waals surface area (Å²) in [7, 11) is 0. The minimum atomic E-state index is 0.292. The predicted octanol–water partition coefficient (Wildman–Crippen LogP) is 2.95. The fraction of sp³-hybridized carbons (Fsp3) is 1.00. The lowest BCUT2D eigenvalue weighted by Gasteiger charge is -2.27. The topological polar surface area (TPSA) is 32.3 Å². The summed E-state index contributed by atoms with van der Waals surface area (Å²) in [5.74, 6) is 0.604. The monoisotopic (exact) mass is 215 g/mol. The molecule has 0 amide bonds. The fourth-order valence-electron chi connectivity index (χ4n) is 1.91. The van der Waals surface area contributed by atoms with Crippen molar-refractivity contribution in [1.29, 1.82) is 0 Å². The first kappa shape index (κ1) is 14.9. The zero-order valence-electron chi connectivity index (χ0n) is 10.9. The van der Waals surface area contributed by atoms with Gasteiger partial charge in [-0.1, -0.05) is 40.5 Å². The first-order valence-electron chi connectivity index (χ1n) is 6.52. The third-order valence-electron chi connectivity index (χ3n) is 3.09. The molecule has 0 saturated heterocycles. The lowest BCUT2D eigenvalue weighted by molar-refractivity contribution is 0.230. The van der Waals surface area contributed by atoms with Crippen LogP contribution in [-0.2, 0) is 0 Å². The molecule has 0 aliphatic carbocycles. The van der Waals surface area contributed by atoms with E-state index < -0.39 is 0 Å². The molecule has 0 aromatic carbocycles. The molecule has 0 aromatic rings. The van der Waals surface area contributed by atoms with Gasteiger partial charge >= 0.3 is 0 Å². The van der Waals surface area contributed by atoms with E-state index in [-0.39, 0.29) is 0 Å². The van der Waals surface area contributed by atoms with Crippen LogP contribution in [0.5, 0.6) is 0 Å². The highest BCUT2D eigenvalue weighted by atomic mass is 16.3. The molecule has 2 unspecified atom stereocenters. The van der Waals surface area contributed by atoms with Crippen LogP contribution in [0.3, 0.4) is 0 Å². The van der Waals surface area contributed by atoms with Gasteiger partial charge in [0.25, 0.3) is 0 Å². The largest absolute Gasteiger partial charge is 0.396 e. The zero-order valence-corrected chi connectivity index (χ0v) is 10.9. The maximum absolute atomic E-state index is 9.01. The maximum atomic E-state index is 9.01. The van der Waals surface area contributed by atoms with E-state index in [1.165, 1.54) is 25.7 Å².